The minimum atomic E-state index is -0.376. The van der Waals surface area contributed by atoms with E-state index in [9.17, 15) is 13.6 Å². The molecule has 0 aliphatic rings. The number of nitrogens with zero attached hydrogens (tertiary/aromatic N) is 3. The molecule has 168 valence electrons. The quantitative estimate of drug-likeness (QED) is 0.359. The Hall–Kier alpha value is -3.52. The van der Waals surface area contributed by atoms with Crippen molar-refractivity contribution >= 4 is 17.7 Å². The van der Waals surface area contributed by atoms with Crippen molar-refractivity contribution in [1.82, 2.24) is 20.1 Å². The Morgan fingerprint density at radius 1 is 0.879 bits per heavy atom. The molecule has 5 nitrogen and oxygen atoms in total. The smallest absolute Gasteiger partial charge is 0.230 e. The summed E-state index contributed by atoms with van der Waals surface area (Å²) >= 11 is 1.24. The Labute approximate surface area is 194 Å². The molecule has 1 aromatic heterocycles. The molecule has 0 fully saturated rings. The van der Waals surface area contributed by atoms with Crippen LogP contribution in [0.4, 0.5) is 8.78 Å². The molecular weight excluding hydrogens is 442 g/mol. The molecule has 3 aromatic carbocycles. The second-order valence-electron chi connectivity index (χ2n) is 7.37. The number of aromatic nitrogens is 3. The van der Waals surface area contributed by atoms with Gasteiger partial charge in [-0.3, -0.25) is 4.79 Å². The molecule has 0 bridgehead atoms. The van der Waals surface area contributed by atoms with E-state index in [1.54, 1.807) is 30.3 Å². The van der Waals surface area contributed by atoms with Crippen molar-refractivity contribution in [2.75, 3.05) is 5.75 Å². The number of benzene rings is 3. The van der Waals surface area contributed by atoms with Gasteiger partial charge in [-0.05, 0) is 41.8 Å². The number of carbonyl (C=O) groups is 1. The van der Waals surface area contributed by atoms with Gasteiger partial charge in [0.05, 0.1) is 11.3 Å². The van der Waals surface area contributed by atoms with Crippen molar-refractivity contribution < 1.29 is 13.6 Å². The number of amides is 1. The molecule has 0 spiro atoms. The fraction of sp³-hybridized carbons (Fsp3) is 0.160. The molecule has 1 N–H and O–H groups in total. The molecule has 0 radical (unpaired) electrons. The van der Waals surface area contributed by atoms with Crippen LogP contribution < -0.4 is 5.32 Å². The van der Waals surface area contributed by atoms with Gasteiger partial charge in [0.15, 0.2) is 11.0 Å². The second-order valence-corrected chi connectivity index (χ2v) is 8.31. The summed E-state index contributed by atoms with van der Waals surface area (Å²) in [6.07, 6.45) is 0.713. The van der Waals surface area contributed by atoms with E-state index < -0.39 is 0 Å². The van der Waals surface area contributed by atoms with Crippen LogP contribution in [0.3, 0.4) is 0 Å². The Morgan fingerprint density at radius 3 is 2.36 bits per heavy atom. The van der Waals surface area contributed by atoms with Gasteiger partial charge in [-0.25, -0.2) is 8.78 Å². The van der Waals surface area contributed by atoms with Crippen molar-refractivity contribution in [2.24, 2.45) is 0 Å². The molecule has 0 unspecified atom stereocenters. The van der Waals surface area contributed by atoms with Crippen LogP contribution in [0.1, 0.15) is 11.1 Å². The summed E-state index contributed by atoms with van der Waals surface area (Å²) in [4.78, 5) is 12.4. The monoisotopic (exact) mass is 464 g/mol. The van der Waals surface area contributed by atoms with Crippen molar-refractivity contribution in [3.63, 3.8) is 0 Å². The van der Waals surface area contributed by atoms with E-state index in [1.807, 2.05) is 34.9 Å². The molecule has 8 heteroatoms. The maximum absolute atomic E-state index is 14.5. The van der Waals surface area contributed by atoms with Gasteiger partial charge in [0.2, 0.25) is 5.91 Å². The van der Waals surface area contributed by atoms with Crippen LogP contribution in [0.5, 0.6) is 0 Å². The second kappa shape index (κ2) is 10.9. The zero-order chi connectivity index (χ0) is 23.0. The number of rotatable bonds is 9. The van der Waals surface area contributed by atoms with Crippen LogP contribution in [-0.4, -0.2) is 26.4 Å². The summed E-state index contributed by atoms with van der Waals surface area (Å²) in [5.74, 6) is -0.324. The molecule has 1 heterocycles. The van der Waals surface area contributed by atoms with Gasteiger partial charge in [0, 0.05) is 13.1 Å². The Morgan fingerprint density at radius 2 is 1.61 bits per heavy atom. The van der Waals surface area contributed by atoms with Gasteiger partial charge >= 0.3 is 0 Å². The first-order chi connectivity index (χ1) is 16.1. The molecular formula is C25H22F2N4OS. The third kappa shape index (κ3) is 6.04. The van der Waals surface area contributed by atoms with Crippen LogP contribution in [0, 0.1) is 11.6 Å². The van der Waals surface area contributed by atoms with Crippen LogP contribution in [0.2, 0.25) is 0 Å². The van der Waals surface area contributed by atoms with Crippen LogP contribution in [0.15, 0.2) is 84.0 Å². The van der Waals surface area contributed by atoms with Crippen LogP contribution in [-0.2, 0) is 24.3 Å². The van der Waals surface area contributed by atoms with Crippen molar-refractivity contribution in [1.29, 1.82) is 0 Å². The lowest BCUT2D eigenvalue weighted by Crippen LogP contribution is -2.24. The third-order valence-electron chi connectivity index (χ3n) is 5.03. The maximum Gasteiger partial charge on any atom is 0.230 e. The highest BCUT2D eigenvalue weighted by atomic mass is 32.2. The van der Waals surface area contributed by atoms with Crippen LogP contribution >= 0.6 is 11.8 Å². The summed E-state index contributed by atoms with van der Waals surface area (Å²) < 4.78 is 29.3. The fourth-order valence-corrected chi connectivity index (χ4v) is 4.10. The van der Waals surface area contributed by atoms with Crippen molar-refractivity contribution in [3.8, 4) is 11.4 Å². The summed E-state index contributed by atoms with van der Waals surface area (Å²) in [5, 5.41) is 11.8. The van der Waals surface area contributed by atoms with Gasteiger partial charge in [-0.15, -0.1) is 10.2 Å². The molecule has 0 aliphatic carbocycles. The predicted molar refractivity (Wildman–Crippen MR) is 125 cm³/mol. The van der Waals surface area contributed by atoms with E-state index in [4.69, 9.17) is 0 Å². The molecule has 1 amide bonds. The van der Waals surface area contributed by atoms with E-state index in [2.05, 4.69) is 15.5 Å². The molecule has 0 saturated carbocycles. The number of aryl methyl sites for hydroxylation is 1. The Kier molecular flexibility index (Phi) is 7.47. The minimum absolute atomic E-state index is 0.127. The maximum atomic E-state index is 14.5. The van der Waals surface area contributed by atoms with Gasteiger partial charge < -0.3 is 9.88 Å². The summed E-state index contributed by atoms with van der Waals surface area (Å²) in [5.41, 5.74) is 2.31. The number of carbonyl (C=O) groups excluding carboxylic acids is 1. The van der Waals surface area contributed by atoms with Gasteiger partial charge in [-0.2, -0.15) is 0 Å². The van der Waals surface area contributed by atoms with Gasteiger partial charge in [0.1, 0.15) is 11.6 Å². The zero-order valence-electron chi connectivity index (χ0n) is 17.7. The highest BCUT2D eigenvalue weighted by Gasteiger charge is 2.18. The van der Waals surface area contributed by atoms with Gasteiger partial charge in [-0.1, -0.05) is 66.4 Å². The fourth-order valence-electron chi connectivity index (χ4n) is 3.31. The predicted octanol–water partition coefficient (Wildman–Crippen LogP) is 4.87. The third-order valence-corrected chi connectivity index (χ3v) is 6.00. The largest absolute Gasteiger partial charge is 0.351 e. The summed E-state index contributed by atoms with van der Waals surface area (Å²) in [6.45, 7) is 0.848. The lowest BCUT2D eigenvalue weighted by Gasteiger charge is -2.11. The number of hydrogen-bond donors (Lipinski definition) is 1. The first kappa shape index (κ1) is 22.7. The van der Waals surface area contributed by atoms with E-state index in [0.29, 0.717) is 36.1 Å². The number of nitrogens with one attached hydrogen (secondary N) is 1. The summed E-state index contributed by atoms with van der Waals surface area (Å²) in [7, 11) is 0. The number of thioether (sulfide) groups is 1. The highest BCUT2D eigenvalue weighted by molar-refractivity contribution is 7.99. The first-order valence-electron chi connectivity index (χ1n) is 10.5. The zero-order valence-corrected chi connectivity index (χ0v) is 18.6. The average molecular weight is 465 g/mol. The van der Waals surface area contributed by atoms with Crippen molar-refractivity contribution in [2.45, 2.75) is 24.7 Å². The first-order valence-corrected chi connectivity index (χ1v) is 11.4. The van der Waals surface area contributed by atoms with E-state index in [1.165, 1.54) is 30.0 Å². The van der Waals surface area contributed by atoms with Crippen LogP contribution in [0.25, 0.3) is 11.4 Å². The number of hydrogen-bond acceptors (Lipinski definition) is 4. The topological polar surface area (TPSA) is 59.8 Å². The highest BCUT2D eigenvalue weighted by Crippen LogP contribution is 2.26. The summed E-state index contributed by atoms with van der Waals surface area (Å²) in [6, 6.07) is 22.4. The van der Waals surface area contributed by atoms with Crippen molar-refractivity contribution in [3.05, 3.63) is 102 Å². The minimum Gasteiger partial charge on any atom is -0.351 e. The SMILES string of the molecule is O=C(CSc1nnc(-c2ccccc2F)n1CCc1ccccc1)NCc1ccc(F)cc1. The van der Waals surface area contributed by atoms with E-state index in [-0.39, 0.29) is 23.3 Å². The molecule has 0 aliphatic heterocycles. The molecule has 33 heavy (non-hydrogen) atoms. The number of halogens is 2. The van der Waals surface area contributed by atoms with E-state index in [0.717, 1.165) is 11.1 Å². The van der Waals surface area contributed by atoms with E-state index >= 15 is 0 Å². The Bertz CT molecular complexity index is 1210. The Balaban J connectivity index is 1.46. The average Bonchev–Trinajstić information content (AvgIpc) is 3.24. The van der Waals surface area contributed by atoms with Gasteiger partial charge in [0.25, 0.3) is 0 Å². The normalized spacial score (nSPS) is 10.8. The standard InChI is InChI=1S/C25H22F2N4OS/c26-20-12-10-19(11-13-20)16-28-23(32)17-33-25-30-29-24(21-8-4-5-9-22(21)27)31(25)15-14-18-6-2-1-3-7-18/h1-13H,14-17H2,(H,28,32). The molecule has 0 atom stereocenters. The molecule has 0 saturated heterocycles. The molecule has 4 rings (SSSR count). The molecule has 4 aromatic rings. The lowest BCUT2D eigenvalue weighted by molar-refractivity contribution is -0.118. The lowest BCUT2D eigenvalue weighted by atomic mass is 10.1.